The second kappa shape index (κ2) is 9.51. The Morgan fingerprint density at radius 1 is 1.20 bits per heavy atom. The van der Waals surface area contributed by atoms with E-state index in [1.54, 1.807) is 6.07 Å². The van der Waals surface area contributed by atoms with Crippen LogP contribution in [0.25, 0.3) is 0 Å². The van der Waals surface area contributed by atoms with Gasteiger partial charge < -0.3 is 20.7 Å². The number of hydrogen-bond donors (Lipinski definition) is 3. The summed E-state index contributed by atoms with van der Waals surface area (Å²) in [5.41, 5.74) is 0.663. The average molecular weight is 459 g/mol. The zero-order valence-electron chi connectivity index (χ0n) is 17.0. The molecular formula is C19H27ClN4O5S. The summed E-state index contributed by atoms with van der Waals surface area (Å²) in [6, 6.07) is 4.22. The molecule has 1 aromatic carbocycles. The van der Waals surface area contributed by atoms with Gasteiger partial charge in [0.25, 0.3) is 5.91 Å². The topological polar surface area (TPSA) is 117 Å². The van der Waals surface area contributed by atoms with Gasteiger partial charge in [-0.1, -0.05) is 11.6 Å². The number of morpholine rings is 1. The fraction of sp³-hybridized carbons (Fsp3) is 0.579. The summed E-state index contributed by atoms with van der Waals surface area (Å²) in [6.07, 6.45) is 1.57. The van der Waals surface area contributed by atoms with E-state index in [0.717, 1.165) is 12.8 Å². The fourth-order valence-electron chi connectivity index (χ4n) is 3.22. The Labute approximate surface area is 181 Å². The lowest BCUT2D eigenvalue weighted by atomic mass is 10.2. The highest BCUT2D eigenvalue weighted by Gasteiger charge is 2.30. The molecule has 1 aromatic rings. The van der Waals surface area contributed by atoms with Crippen molar-refractivity contribution in [3.63, 3.8) is 0 Å². The minimum Gasteiger partial charge on any atom is -0.373 e. The molecule has 0 spiro atoms. The van der Waals surface area contributed by atoms with Crippen LogP contribution >= 0.6 is 11.6 Å². The molecular weight excluding hydrogens is 432 g/mol. The summed E-state index contributed by atoms with van der Waals surface area (Å²) in [7, 11) is -3.51. The van der Waals surface area contributed by atoms with E-state index < -0.39 is 16.1 Å². The summed E-state index contributed by atoms with van der Waals surface area (Å²) in [4.78, 5) is 24.4. The van der Waals surface area contributed by atoms with Crippen molar-refractivity contribution in [1.29, 1.82) is 0 Å². The maximum Gasteiger partial charge on any atom is 0.319 e. The number of anilines is 1. The third-order valence-corrected chi connectivity index (χ3v) is 6.94. The molecule has 2 atom stereocenters. The highest BCUT2D eigenvalue weighted by Crippen LogP contribution is 2.24. The van der Waals surface area contributed by atoms with Gasteiger partial charge in [-0.2, -0.15) is 4.31 Å². The molecule has 1 heterocycles. The first-order chi connectivity index (χ1) is 14.1. The van der Waals surface area contributed by atoms with Gasteiger partial charge in [-0.25, -0.2) is 13.2 Å². The Hall–Kier alpha value is -1.88. The third kappa shape index (κ3) is 6.31. The van der Waals surface area contributed by atoms with Crippen LogP contribution in [0.15, 0.2) is 18.2 Å². The van der Waals surface area contributed by atoms with Gasteiger partial charge in [0, 0.05) is 31.4 Å². The summed E-state index contributed by atoms with van der Waals surface area (Å²) in [6.45, 7) is 4.21. The van der Waals surface area contributed by atoms with Gasteiger partial charge in [0.1, 0.15) is 0 Å². The van der Waals surface area contributed by atoms with E-state index in [4.69, 9.17) is 16.3 Å². The second-order valence-electron chi connectivity index (χ2n) is 7.71. The molecule has 1 saturated heterocycles. The van der Waals surface area contributed by atoms with Gasteiger partial charge >= 0.3 is 6.03 Å². The molecule has 9 nitrogen and oxygen atoms in total. The number of urea groups is 1. The van der Waals surface area contributed by atoms with Crippen molar-refractivity contribution in [2.75, 3.05) is 30.7 Å². The second-order valence-corrected chi connectivity index (χ2v) is 10.2. The number of carbonyl (C=O) groups is 2. The van der Waals surface area contributed by atoms with Crippen molar-refractivity contribution in [3.8, 4) is 0 Å². The maximum absolute atomic E-state index is 12.5. The Balaban J connectivity index is 1.50. The van der Waals surface area contributed by atoms with Crippen molar-refractivity contribution >= 4 is 39.2 Å². The highest BCUT2D eigenvalue weighted by atomic mass is 35.5. The SMILES string of the molecule is CC1CN(S(=O)(=O)CCNC(=O)Nc2ccc(Cl)c(C(=O)NC3CC3)c2)CC(C)O1. The molecule has 3 amide bonds. The Bertz CT molecular complexity index is 896. The lowest BCUT2D eigenvalue weighted by molar-refractivity contribution is -0.0440. The highest BCUT2D eigenvalue weighted by molar-refractivity contribution is 7.89. The van der Waals surface area contributed by atoms with Crippen molar-refractivity contribution in [1.82, 2.24) is 14.9 Å². The van der Waals surface area contributed by atoms with Crippen LogP contribution in [0.5, 0.6) is 0 Å². The standard InChI is InChI=1S/C19H27ClN4O5S/c1-12-10-24(11-13(2)29-12)30(27,28)8-7-21-19(26)23-15-5-6-17(20)16(9-15)18(25)22-14-3-4-14/h5-6,9,12-14H,3-4,7-8,10-11H2,1-2H3,(H,22,25)(H2,21,23,26). The van der Waals surface area contributed by atoms with Gasteiger partial charge in [0.05, 0.1) is 28.5 Å². The van der Waals surface area contributed by atoms with E-state index in [-0.39, 0.29) is 42.0 Å². The predicted octanol–water partition coefficient (Wildman–Crippen LogP) is 1.79. The first kappa shape index (κ1) is 22.8. The first-order valence-corrected chi connectivity index (χ1v) is 11.9. The number of hydrogen-bond acceptors (Lipinski definition) is 5. The number of nitrogens with zero attached hydrogens (tertiary/aromatic N) is 1. The van der Waals surface area contributed by atoms with Crippen LogP contribution in [-0.2, 0) is 14.8 Å². The number of nitrogens with one attached hydrogen (secondary N) is 3. The molecule has 11 heteroatoms. The van der Waals surface area contributed by atoms with E-state index in [9.17, 15) is 18.0 Å². The van der Waals surface area contributed by atoms with Crippen LogP contribution < -0.4 is 16.0 Å². The Morgan fingerprint density at radius 3 is 2.50 bits per heavy atom. The normalized spacial score (nSPS) is 22.4. The minimum absolute atomic E-state index is 0.0447. The van der Waals surface area contributed by atoms with Crippen LogP contribution in [0.4, 0.5) is 10.5 Å². The molecule has 1 aliphatic heterocycles. The molecule has 0 radical (unpaired) electrons. The van der Waals surface area contributed by atoms with Gasteiger partial charge in [-0.15, -0.1) is 0 Å². The summed E-state index contributed by atoms with van der Waals surface area (Å²) in [5, 5.41) is 8.27. The zero-order valence-corrected chi connectivity index (χ0v) is 18.6. The molecule has 3 rings (SSSR count). The number of ether oxygens (including phenoxy) is 1. The van der Waals surface area contributed by atoms with Crippen LogP contribution in [-0.4, -0.2) is 68.3 Å². The minimum atomic E-state index is -3.51. The summed E-state index contributed by atoms with van der Waals surface area (Å²) < 4.78 is 32.0. The van der Waals surface area contributed by atoms with Gasteiger partial charge in [0.15, 0.2) is 0 Å². The number of amides is 3. The van der Waals surface area contributed by atoms with Gasteiger partial charge in [-0.05, 0) is 44.9 Å². The van der Waals surface area contributed by atoms with Crippen LogP contribution in [0, 0.1) is 0 Å². The van der Waals surface area contributed by atoms with Crippen molar-refractivity contribution in [2.24, 2.45) is 0 Å². The number of benzene rings is 1. The van der Waals surface area contributed by atoms with E-state index in [0.29, 0.717) is 23.8 Å². The van der Waals surface area contributed by atoms with E-state index in [2.05, 4.69) is 16.0 Å². The molecule has 2 fully saturated rings. The lowest BCUT2D eigenvalue weighted by Crippen LogP contribution is -2.49. The van der Waals surface area contributed by atoms with E-state index >= 15 is 0 Å². The van der Waals surface area contributed by atoms with Crippen molar-refractivity contribution < 1.29 is 22.7 Å². The molecule has 0 aromatic heterocycles. The molecule has 2 aliphatic rings. The number of carbonyl (C=O) groups excluding carboxylic acids is 2. The summed E-state index contributed by atoms with van der Waals surface area (Å²) >= 11 is 6.09. The van der Waals surface area contributed by atoms with E-state index in [1.807, 2.05) is 13.8 Å². The van der Waals surface area contributed by atoms with Crippen molar-refractivity contribution in [3.05, 3.63) is 28.8 Å². The molecule has 30 heavy (non-hydrogen) atoms. The van der Waals surface area contributed by atoms with Gasteiger partial charge in [-0.3, -0.25) is 4.79 Å². The predicted molar refractivity (Wildman–Crippen MR) is 114 cm³/mol. The Morgan fingerprint density at radius 2 is 1.87 bits per heavy atom. The van der Waals surface area contributed by atoms with Crippen molar-refractivity contribution in [2.45, 2.75) is 44.9 Å². The van der Waals surface area contributed by atoms with Crippen LogP contribution in [0.2, 0.25) is 5.02 Å². The molecule has 1 aliphatic carbocycles. The third-order valence-electron chi connectivity index (χ3n) is 4.81. The van der Waals surface area contributed by atoms with Crippen LogP contribution in [0.1, 0.15) is 37.0 Å². The molecule has 3 N–H and O–H groups in total. The molecule has 2 unspecified atom stereocenters. The smallest absolute Gasteiger partial charge is 0.319 e. The fourth-order valence-corrected chi connectivity index (χ4v) is 4.92. The monoisotopic (exact) mass is 458 g/mol. The largest absolute Gasteiger partial charge is 0.373 e. The average Bonchev–Trinajstić information content (AvgIpc) is 3.46. The van der Waals surface area contributed by atoms with Crippen LogP contribution in [0.3, 0.4) is 0 Å². The molecule has 166 valence electrons. The Kier molecular flexibility index (Phi) is 7.22. The number of sulfonamides is 1. The number of rotatable bonds is 7. The quantitative estimate of drug-likeness (QED) is 0.576. The first-order valence-electron chi connectivity index (χ1n) is 9.92. The van der Waals surface area contributed by atoms with Gasteiger partial charge in [0.2, 0.25) is 10.0 Å². The number of halogens is 1. The van der Waals surface area contributed by atoms with E-state index in [1.165, 1.54) is 16.4 Å². The lowest BCUT2D eigenvalue weighted by Gasteiger charge is -2.34. The molecule has 1 saturated carbocycles. The molecule has 0 bridgehead atoms. The maximum atomic E-state index is 12.5. The summed E-state index contributed by atoms with van der Waals surface area (Å²) in [5.74, 6) is -0.498. The zero-order chi connectivity index (χ0) is 21.9.